The van der Waals surface area contributed by atoms with Gasteiger partial charge in [-0.25, -0.2) is 0 Å². The molecular formula is C22H14ClF3N2O3. The lowest BCUT2D eigenvalue weighted by Gasteiger charge is -2.09. The third kappa shape index (κ3) is 5.08. The number of benzene rings is 2. The number of nitrogens with zero attached hydrogens (tertiary/aromatic N) is 1. The van der Waals surface area contributed by atoms with Crippen LogP contribution in [0, 0.1) is 11.3 Å². The molecule has 0 atom stereocenters. The molecule has 1 heterocycles. The summed E-state index contributed by atoms with van der Waals surface area (Å²) in [4.78, 5) is 12.5. The van der Waals surface area contributed by atoms with Gasteiger partial charge in [-0.1, -0.05) is 23.7 Å². The lowest BCUT2D eigenvalue weighted by Crippen LogP contribution is -2.14. The number of rotatable bonds is 5. The summed E-state index contributed by atoms with van der Waals surface area (Å²) >= 11 is 6.02. The van der Waals surface area contributed by atoms with Crippen LogP contribution >= 0.6 is 11.6 Å². The molecule has 0 saturated heterocycles. The highest BCUT2D eigenvalue weighted by atomic mass is 35.5. The highest BCUT2D eigenvalue weighted by molar-refractivity contribution is 6.33. The van der Waals surface area contributed by atoms with Crippen molar-refractivity contribution < 1.29 is 27.1 Å². The van der Waals surface area contributed by atoms with Crippen molar-refractivity contribution in [3.63, 3.8) is 0 Å². The fourth-order valence-electron chi connectivity index (χ4n) is 2.69. The zero-order valence-electron chi connectivity index (χ0n) is 16.0. The van der Waals surface area contributed by atoms with E-state index in [9.17, 15) is 23.2 Å². The summed E-state index contributed by atoms with van der Waals surface area (Å²) < 4.78 is 49.6. The summed E-state index contributed by atoms with van der Waals surface area (Å²) in [6.07, 6.45) is -3.37. The van der Waals surface area contributed by atoms with E-state index in [0.717, 1.165) is 18.2 Å². The summed E-state index contributed by atoms with van der Waals surface area (Å²) in [5.41, 5.74) is -0.753. The molecule has 0 saturated carbocycles. The van der Waals surface area contributed by atoms with Crippen molar-refractivity contribution in [1.29, 1.82) is 5.26 Å². The Bertz CT molecular complexity index is 1190. The summed E-state index contributed by atoms with van der Waals surface area (Å²) in [6.45, 7) is 0. The molecule has 0 aliphatic rings. The first-order valence-corrected chi connectivity index (χ1v) is 9.14. The Labute approximate surface area is 180 Å². The van der Waals surface area contributed by atoms with Gasteiger partial charge in [0.15, 0.2) is 0 Å². The van der Waals surface area contributed by atoms with Gasteiger partial charge in [-0.05, 0) is 42.5 Å². The molecule has 2 aromatic carbocycles. The van der Waals surface area contributed by atoms with Crippen LogP contribution in [-0.4, -0.2) is 13.0 Å². The van der Waals surface area contributed by atoms with Crippen LogP contribution in [0.2, 0.25) is 5.02 Å². The molecule has 158 valence electrons. The number of para-hydroxylation sites is 2. The number of anilines is 1. The highest BCUT2D eigenvalue weighted by Crippen LogP contribution is 2.36. The number of alkyl halides is 3. The number of nitriles is 1. The van der Waals surface area contributed by atoms with Gasteiger partial charge in [0, 0.05) is 11.6 Å². The van der Waals surface area contributed by atoms with E-state index in [-0.39, 0.29) is 27.7 Å². The molecule has 3 aromatic rings. The second-order valence-corrected chi connectivity index (χ2v) is 6.63. The topological polar surface area (TPSA) is 75.3 Å². The summed E-state index contributed by atoms with van der Waals surface area (Å²) in [7, 11) is 1.44. The van der Waals surface area contributed by atoms with E-state index in [1.807, 2.05) is 0 Å². The van der Waals surface area contributed by atoms with Gasteiger partial charge in [-0.15, -0.1) is 0 Å². The van der Waals surface area contributed by atoms with Crippen LogP contribution in [0.3, 0.4) is 0 Å². The Kier molecular flexibility index (Phi) is 6.37. The SMILES string of the molecule is COc1ccccc1NC(=O)/C(C#N)=C/c1ccc(-c2cc(C(F)(F)F)ccc2Cl)o1. The predicted molar refractivity (Wildman–Crippen MR) is 109 cm³/mol. The van der Waals surface area contributed by atoms with E-state index >= 15 is 0 Å². The summed E-state index contributed by atoms with van der Waals surface area (Å²) in [6, 6.07) is 14.1. The Hall–Kier alpha value is -3.70. The van der Waals surface area contributed by atoms with Crippen molar-refractivity contribution in [2.45, 2.75) is 6.18 Å². The lowest BCUT2D eigenvalue weighted by atomic mass is 10.1. The number of hydrogen-bond acceptors (Lipinski definition) is 4. The first-order valence-electron chi connectivity index (χ1n) is 8.76. The quantitative estimate of drug-likeness (QED) is 0.375. The zero-order valence-corrected chi connectivity index (χ0v) is 16.7. The lowest BCUT2D eigenvalue weighted by molar-refractivity contribution is -0.137. The van der Waals surface area contributed by atoms with Gasteiger partial charge in [0.05, 0.1) is 23.4 Å². The molecule has 0 unspecified atom stereocenters. The molecular weight excluding hydrogens is 433 g/mol. The number of carbonyl (C=O) groups excluding carboxylic acids is 1. The molecule has 3 rings (SSSR count). The van der Waals surface area contributed by atoms with Gasteiger partial charge in [0.25, 0.3) is 5.91 Å². The van der Waals surface area contributed by atoms with Gasteiger partial charge < -0.3 is 14.5 Å². The van der Waals surface area contributed by atoms with E-state index in [1.165, 1.54) is 25.3 Å². The van der Waals surface area contributed by atoms with Crippen molar-refractivity contribution in [2.24, 2.45) is 0 Å². The zero-order chi connectivity index (χ0) is 22.6. The van der Waals surface area contributed by atoms with Crippen molar-refractivity contribution in [3.8, 4) is 23.1 Å². The molecule has 0 fully saturated rings. The van der Waals surface area contributed by atoms with Gasteiger partial charge in [-0.3, -0.25) is 4.79 Å². The molecule has 0 radical (unpaired) electrons. The first-order chi connectivity index (χ1) is 14.7. The Morgan fingerprint density at radius 3 is 2.61 bits per heavy atom. The maximum absolute atomic E-state index is 13.0. The van der Waals surface area contributed by atoms with Crippen molar-refractivity contribution in [2.75, 3.05) is 12.4 Å². The number of furan rings is 1. The summed E-state index contributed by atoms with van der Waals surface area (Å²) in [5, 5.41) is 12.0. The number of methoxy groups -OCH3 is 1. The average Bonchev–Trinajstić information content (AvgIpc) is 3.20. The minimum absolute atomic E-state index is 0.0353. The third-order valence-corrected chi connectivity index (χ3v) is 4.52. The highest BCUT2D eigenvalue weighted by Gasteiger charge is 2.31. The second-order valence-electron chi connectivity index (χ2n) is 6.22. The van der Waals surface area contributed by atoms with Crippen LogP contribution in [0.15, 0.2) is 64.6 Å². The average molecular weight is 447 g/mol. The van der Waals surface area contributed by atoms with Crippen molar-refractivity contribution in [1.82, 2.24) is 0 Å². The summed E-state index contributed by atoms with van der Waals surface area (Å²) in [5.74, 6) is -0.144. The molecule has 31 heavy (non-hydrogen) atoms. The number of hydrogen-bond donors (Lipinski definition) is 1. The molecule has 0 aliphatic carbocycles. The molecule has 0 bridgehead atoms. The van der Waals surface area contributed by atoms with Gasteiger partial charge in [-0.2, -0.15) is 18.4 Å². The van der Waals surface area contributed by atoms with Gasteiger partial charge in [0.1, 0.15) is 28.9 Å². The van der Waals surface area contributed by atoms with E-state index in [1.54, 1.807) is 30.3 Å². The predicted octanol–water partition coefficient (Wildman–Crippen LogP) is 6.17. The Balaban J connectivity index is 1.88. The van der Waals surface area contributed by atoms with Crippen LogP contribution < -0.4 is 10.1 Å². The minimum atomic E-state index is -4.54. The molecule has 1 N–H and O–H groups in total. The largest absolute Gasteiger partial charge is 0.495 e. The van der Waals surface area contributed by atoms with Crippen LogP contribution in [0.25, 0.3) is 17.4 Å². The van der Waals surface area contributed by atoms with Crippen LogP contribution in [0.1, 0.15) is 11.3 Å². The van der Waals surface area contributed by atoms with Gasteiger partial charge in [0.2, 0.25) is 0 Å². The van der Waals surface area contributed by atoms with Crippen LogP contribution in [-0.2, 0) is 11.0 Å². The van der Waals surface area contributed by atoms with Crippen molar-refractivity contribution in [3.05, 3.63) is 76.5 Å². The standard InChI is InChI=1S/C22H14ClF3N2O3/c1-30-20-5-3-2-4-18(20)28-21(29)13(12-27)10-15-7-9-19(31-15)16-11-14(22(24,25)26)6-8-17(16)23/h2-11H,1H3,(H,28,29)/b13-10+. The van der Waals surface area contributed by atoms with E-state index in [4.69, 9.17) is 20.8 Å². The number of ether oxygens (including phenoxy) is 1. The van der Waals surface area contributed by atoms with Crippen LogP contribution in [0.5, 0.6) is 5.75 Å². The first kappa shape index (κ1) is 22.0. The number of halogens is 4. The monoisotopic (exact) mass is 446 g/mol. The maximum atomic E-state index is 13.0. The molecule has 0 aliphatic heterocycles. The van der Waals surface area contributed by atoms with Crippen molar-refractivity contribution >= 4 is 29.3 Å². The number of amides is 1. The number of nitrogens with one attached hydrogen (secondary N) is 1. The van der Waals surface area contributed by atoms with E-state index in [2.05, 4.69) is 5.32 Å². The van der Waals surface area contributed by atoms with Gasteiger partial charge >= 0.3 is 6.18 Å². The molecule has 5 nitrogen and oxygen atoms in total. The Morgan fingerprint density at radius 1 is 1.19 bits per heavy atom. The normalized spacial score (nSPS) is 11.7. The fraction of sp³-hybridized carbons (Fsp3) is 0.0909. The van der Waals surface area contributed by atoms with E-state index in [0.29, 0.717) is 11.4 Å². The molecule has 9 heteroatoms. The smallest absolute Gasteiger partial charge is 0.416 e. The minimum Gasteiger partial charge on any atom is -0.495 e. The number of carbonyl (C=O) groups is 1. The third-order valence-electron chi connectivity index (χ3n) is 4.19. The van der Waals surface area contributed by atoms with Crippen LogP contribution in [0.4, 0.5) is 18.9 Å². The van der Waals surface area contributed by atoms with E-state index < -0.39 is 17.6 Å². The maximum Gasteiger partial charge on any atom is 0.416 e. The molecule has 0 spiro atoms. The fourth-order valence-corrected chi connectivity index (χ4v) is 2.90. The molecule has 1 amide bonds. The second kappa shape index (κ2) is 8.98. The Morgan fingerprint density at radius 2 is 1.94 bits per heavy atom. The molecule has 1 aromatic heterocycles.